The molecular formula is C11H19N3O6. The molecule has 0 saturated heterocycles. The Bertz CT molecular complexity index is 384. The topological polar surface area (TPSA) is 151 Å². The highest BCUT2D eigenvalue weighted by Crippen LogP contribution is 2.07. The van der Waals surface area contributed by atoms with Gasteiger partial charge >= 0.3 is 0 Å². The monoisotopic (exact) mass is 289 g/mol. The minimum Gasteiger partial charge on any atom is -0.383 e. The standard InChI is InChI=1S/C11H19N3O6/c1-3-6(12-4-2)8(17)9(18)14-11(20)10(19)13-7(16)5-15/h3-5,7-9,11,14,16-18,20H,1-2H3,(H,13,19)/b6-3-,12-4-. The summed E-state index contributed by atoms with van der Waals surface area (Å²) in [6.07, 6.45) is -3.97. The Morgan fingerprint density at radius 1 is 1.20 bits per heavy atom. The molecule has 0 aliphatic heterocycles. The Kier molecular flexibility index (Phi) is 8.52. The van der Waals surface area contributed by atoms with Gasteiger partial charge in [0.05, 0.1) is 5.70 Å². The zero-order chi connectivity index (χ0) is 15.7. The average molecular weight is 289 g/mol. The molecule has 0 aliphatic carbocycles. The van der Waals surface area contributed by atoms with Crippen LogP contribution in [0, 0.1) is 0 Å². The number of nitrogens with zero attached hydrogens (tertiary/aromatic N) is 1. The Balaban J connectivity index is 4.55. The molecule has 9 heteroatoms. The maximum atomic E-state index is 11.3. The number of hydrogen-bond donors (Lipinski definition) is 6. The number of aliphatic hydroxyl groups excluding tert-OH is 4. The summed E-state index contributed by atoms with van der Waals surface area (Å²) in [7, 11) is 0. The molecule has 4 atom stereocenters. The third kappa shape index (κ3) is 5.99. The van der Waals surface area contributed by atoms with Crippen molar-refractivity contribution in [2.45, 2.75) is 38.6 Å². The fourth-order valence-corrected chi connectivity index (χ4v) is 1.22. The van der Waals surface area contributed by atoms with Crippen LogP contribution in [-0.2, 0) is 9.59 Å². The largest absolute Gasteiger partial charge is 0.383 e. The number of nitrogens with one attached hydrogen (secondary N) is 2. The van der Waals surface area contributed by atoms with E-state index in [1.807, 2.05) is 5.32 Å². The Hall–Kier alpha value is -1.65. The van der Waals surface area contributed by atoms with Gasteiger partial charge in [-0.25, -0.2) is 0 Å². The summed E-state index contributed by atoms with van der Waals surface area (Å²) in [6, 6.07) is 0. The number of carbonyl (C=O) groups excluding carboxylic acids is 2. The van der Waals surface area contributed by atoms with Crippen LogP contribution in [0.3, 0.4) is 0 Å². The van der Waals surface area contributed by atoms with E-state index < -0.39 is 30.7 Å². The SMILES string of the molecule is C/C=N\C(=C/C)C(O)C(O)NC(O)C(=O)NC(O)C=O. The van der Waals surface area contributed by atoms with Gasteiger partial charge in [0.15, 0.2) is 18.7 Å². The molecule has 20 heavy (non-hydrogen) atoms. The molecule has 0 saturated carbocycles. The summed E-state index contributed by atoms with van der Waals surface area (Å²) in [5, 5.41) is 41.3. The molecule has 1 amide bonds. The van der Waals surface area contributed by atoms with E-state index in [-0.39, 0.29) is 12.0 Å². The number of carbonyl (C=O) groups is 2. The van der Waals surface area contributed by atoms with Crippen LogP contribution in [0.25, 0.3) is 0 Å². The fourth-order valence-electron chi connectivity index (χ4n) is 1.22. The van der Waals surface area contributed by atoms with E-state index in [0.29, 0.717) is 0 Å². The predicted molar refractivity (Wildman–Crippen MR) is 69.3 cm³/mol. The van der Waals surface area contributed by atoms with Gasteiger partial charge in [-0.1, -0.05) is 6.08 Å². The molecule has 0 heterocycles. The number of aldehydes is 1. The minimum absolute atomic E-state index is 0.0454. The average Bonchev–Trinajstić information content (AvgIpc) is 2.43. The van der Waals surface area contributed by atoms with E-state index in [0.717, 1.165) is 0 Å². The van der Waals surface area contributed by atoms with Gasteiger partial charge in [0.1, 0.15) is 12.3 Å². The molecular weight excluding hydrogens is 270 g/mol. The van der Waals surface area contributed by atoms with Crippen molar-refractivity contribution in [2.24, 2.45) is 4.99 Å². The lowest BCUT2D eigenvalue weighted by molar-refractivity contribution is -0.139. The van der Waals surface area contributed by atoms with Crippen LogP contribution in [0.15, 0.2) is 16.8 Å². The molecule has 0 aromatic carbocycles. The van der Waals surface area contributed by atoms with E-state index in [4.69, 9.17) is 5.11 Å². The number of hydrogen-bond acceptors (Lipinski definition) is 8. The van der Waals surface area contributed by atoms with Crippen molar-refractivity contribution in [3.05, 3.63) is 11.8 Å². The summed E-state index contributed by atoms with van der Waals surface area (Å²) in [5.74, 6) is -1.14. The zero-order valence-electron chi connectivity index (χ0n) is 11.1. The Morgan fingerprint density at radius 2 is 1.80 bits per heavy atom. The van der Waals surface area contributed by atoms with E-state index in [1.165, 1.54) is 12.3 Å². The molecule has 0 rings (SSSR count). The van der Waals surface area contributed by atoms with E-state index in [9.17, 15) is 24.9 Å². The first-order valence-electron chi connectivity index (χ1n) is 5.76. The van der Waals surface area contributed by atoms with Crippen molar-refractivity contribution in [2.75, 3.05) is 0 Å². The smallest absolute Gasteiger partial charge is 0.266 e. The minimum atomic E-state index is -1.93. The molecule has 9 nitrogen and oxygen atoms in total. The lowest BCUT2D eigenvalue weighted by Crippen LogP contribution is -2.54. The summed E-state index contributed by atoms with van der Waals surface area (Å²) >= 11 is 0. The molecule has 4 unspecified atom stereocenters. The number of rotatable bonds is 8. The molecule has 0 aromatic heterocycles. The molecule has 0 spiro atoms. The second-order valence-electron chi connectivity index (χ2n) is 3.65. The van der Waals surface area contributed by atoms with E-state index in [1.54, 1.807) is 19.2 Å². The molecule has 6 N–H and O–H groups in total. The first-order chi connectivity index (χ1) is 9.37. The summed E-state index contributed by atoms with van der Waals surface area (Å²) < 4.78 is 0. The predicted octanol–water partition coefficient (Wildman–Crippen LogP) is -2.80. The summed E-state index contributed by atoms with van der Waals surface area (Å²) in [4.78, 5) is 25.2. The van der Waals surface area contributed by atoms with Crippen molar-refractivity contribution >= 4 is 18.4 Å². The van der Waals surface area contributed by atoms with Crippen molar-refractivity contribution in [3.8, 4) is 0 Å². The first kappa shape index (κ1) is 18.4. The van der Waals surface area contributed by atoms with Gasteiger partial charge in [0.2, 0.25) is 0 Å². The Morgan fingerprint density at radius 3 is 2.25 bits per heavy atom. The van der Waals surface area contributed by atoms with E-state index >= 15 is 0 Å². The fraction of sp³-hybridized carbons (Fsp3) is 0.545. The molecule has 0 bridgehead atoms. The van der Waals surface area contributed by atoms with Crippen molar-refractivity contribution in [3.63, 3.8) is 0 Å². The molecule has 0 radical (unpaired) electrons. The number of aliphatic imine (C=N–C) groups is 1. The number of aliphatic hydroxyl groups is 4. The van der Waals surface area contributed by atoms with Crippen LogP contribution in [0.4, 0.5) is 0 Å². The van der Waals surface area contributed by atoms with Crippen molar-refractivity contribution in [1.82, 2.24) is 10.6 Å². The quantitative estimate of drug-likeness (QED) is 0.160. The Labute approximate surface area is 115 Å². The van der Waals surface area contributed by atoms with Crippen molar-refractivity contribution in [1.29, 1.82) is 0 Å². The second kappa shape index (κ2) is 9.28. The summed E-state index contributed by atoms with van der Waals surface area (Å²) in [6.45, 7) is 3.20. The van der Waals surface area contributed by atoms with Gasteiger partial charge in [-0.3, -0.25) is 19.9 Å². The van der Waals surface area contributed by atoms with Crippen LogP contribution in [0.1, 0.15) is 13.8 Å². The van der Waals surface area contributed by atoms with Crippen LogP contribution in [0.2, 0.25) is 0 Å². The highest BCUT2D eigenvalue weighted by molar-refractivity contribution is 5.82. The van der Waals surface area contributed by atoms with Crippen molar-refractivity contribution < 1.29 is 30.0 Å². The normalized spacial score (nSPS) is 18.4. The van der Waals surface area contributed by atoms with Gasteiger partial charge in [-0.2, -0.15) is 0 Å². The molecule has 0 aliphatic rings. The summed E-state index contributed by atoms with van der Waals surface area (Å²) in [5.41, 5.74) is 0.132. The zero-order valence-corrected chi connectivity index (χ0v) is 11.1. The van der Waals surface area contributed by atoms with E-state index in [2.05, 4.69) is 4.99 Å². The highest BCUT2D eigenvalue weighted by atomic mass is 16.4. The second-order valence-corrected chi connectivity index (χ2v) is 3.65. The third-order valence-corrected chi connectivity index (χ3v) is 2.17. The van der Waals surface area contributed by atoms with Gasteiger partial charge in [0, 0.05) is 6.21 Å². The van der Waals surface area contributed by atoms with Gasteiger partial charge in [-0.05, 0) is 13.8 Å². The lowest BCUT2D eigenvalue weighted by Gasteiger charge is -2.22. The van der Waals surface area contributed by atoms with Crippen LogP contribution in [0.5, 0.6) is 0 Å². The number of amides is 1. The maximum absolute atomic E-state index is 11.3. The van der Waals surface area contributed by atoms with Crippen LogP contribution in [-0.4, -0.2) is 63.6 Å². The first-order valence-corrected chi connectivity index (χ1v) is 5.76. The van der Waals surface area contributed by atoms with Gasteiger partial charge in [0.25, 0.3) is 5.91 Å². The van der Waals surface area contributed by atoms with Gasteiger partial charge in [-0.15, -0.1) is 0 Å². The highest BCUT2D eigenvalue weighted by Gasteiger charge is 2.25. The van der Waals surface area contributed by atoms with Crippen LogP contribution >= 0.6 is 0 Å². The van der Waals surface area contributed by atoms with Gasteiger partial charge < -0.3 is 25.7 Å². The van der Waals surface area contributed by atoms with Crippen LogP contribution < -0.4 is 10.6 Å². The maximum Gasteiger partial charge on any atom is 0.266 e. The molecule has 0 aromatic rings. The third-order valence-electron chi connectivity index (χ3n) is 2.17. The lowest BCUT2D eigenvalue weighted by atomic mass is 10.2. The molecule has 114 valence electrons. The molecule has 0 fully saturated rings. The number of allylic oxidation sites excluding steroid dienone is 1.